The fourth-order valence-corrected chi connectivity index (χ4v) is 0.814. The zero-order valence-electron chi connectivity index (χ0n) is 8.54. The molecule has 0 heterocycles. The van der Waals surface area contributed by atoms with Crippen LogP contribution in [-0.2, 0) is 9.53 Å². The molecule has 1 amide bonds. The van der Waals surface area contributed by atoms with Gasteiger partial charge in [0, 0.05) is 6.54 Å². The summed E-state index contributed by atoms with van der Waals surface area (Å²) in [5.74, 6) is 4.75. The largest absolute Gasteiger partial charge is 0.377 e. The lowest BCUT2D eigenvalue weighted by atomic mass is 10.4. The van der Waals surface area contributed by atoms with Crippen LogP contribution in [-0.4, -0.2) is 43.7 Å². The number of nitrogens with two attached hydrogens (primary N) is 1. The van der Waals surface area contributed by atoms with Crippen molar-refractivity contribution >= 4 is 5.91 Å². The van der Waals surface area contributed by atoms with Gasteiger partial charge in [-0.05, 0) is 20.9 Å². The lowest BCUT2D eigenvalue weighted by Gasteiger charge is -2.16. The number of carbonyl (C=O) groups excluding carboxylic acids is 1. The monoisotopic (exact) mass is 189 g/mol. The van der Waals surface area contributed by atoms with Crippen molar-refractivity contribution in [3.8, 4) is 0 Å². The van der Waals surface area contributed by atoms with Crippen molar-refractivity contribution in [2.75, 3.05) is 26.7 Å². The summed E-state index contributed by atoms with van der Waals surface area (Å²) in [6.45, 7) is 5.62. The van der Waals surface area contributed by atoms with Gasteiger partial charge in [0.05, 0.1) is 19.3 Å². The van der Waals surface area contributed by atoms with Gasteiger partial charge in [0.2, 0.25) is 5.91 Å². The second kappa shape index (κ2) is 6.82. The molecule has 0 fully saturated rings. The molecule has 0 bridgehead atoms. The lowest BCUT2D eigenvalue weighted by Crippen LogP contribution is -2.40. The van der Waals surface area contributed by atoms with Crippen molar-refractivity contribution < 1.29 is 9.53 Å². The van der Waals surface area contributed by atoms with Crippen molar-refractivity contribution in [2.24, 2.45) is 5.84 Å². The Bertz CT molecular complexity index is 150. The number of likely N-dealkylation sites (N-methyl/N-ethyl adjacent to an activating group) is 1. The van der Waals surface area contributed by atoms with Gasteiger partial charge in [-0.3, -0.25) is 15.1 Å². The van der Waals surface area contributed by atoms with Gasteiger partial charge in [0.15, 0.2) is 0 Å². The van der Waals surface area contributed by atoms with Gasteiger partial charge in [0.25, 0.3) is 0 Å². The number of carbonyl (C=O) groups is 1. The summed E-state index contributed by atoms with van der Waals surface area (Å²) in [7, 11) is 1.85. The summed E-state index contributed by atoms with van der Waals surface area (Å²) in [4.78, 5) is 12.7. The summed E-state index contributed by atoms with van der Waals surface area (Å²) in [6, 6.07) is 0. The highest BCUT2D eigenvalue weighted by molar-refractivity contribution is 5.77. The third-order valence-electron chi connectivity index (χ3n) is 1.50. The predicted molar refractivity (Wildman–Crippen MR) is 50.9 cm³/mol. The summed E-state index contributed by atoms with van der Waals surface area (Å²) < 4.78 is 5.32. The van der Waals surface area contributed by atoms with Crippen molar-refractivity contribution in [3.63, 3.8) is 0 Å². The first-order valence-electron chi connectivity index (χ1n) is 4.36. The number of nitrogens with one attached hydrogen (secondary N) is 1. The Balaban J connectivity index is 3.40. The number of hydrogen-bond acceptors (Lipinski definition) is 4. The van der Waals surface area contributed by atoms with Crippen LogP contribution >= 0.6 is 0 Å². The van der Waals surface area contributed by atoms with E-state index >= 15 is 0 Å². The molecule has 0 aliphatic carbocycles. The van der Waals surface area contributed by atoms with E-state index in [0.717, 1.165) is 6.54 Å². The molecular formula is C8H19N3O2. The average molecular weight is 189 g/mol. The van der Waals surface area contributed by atoms with E-state index in [1.54, 1.807) is 0 Å². The molecule has 5 nitrogen and oxygen atoms in total. The van der Waals surface area contributed by atoms with Crippen LogP contribution in [0.15, 0.2) is 0 Å². The molecule has 0 saturated heterocycles. The normalized spacial score (nSPS) is 10.9. The molecule has 0 atom stereocenters. The molecule has 0 saturated carbocycles. The van der Waals surface area contributed by atoms with Crippen molar-refractivity contribution in [3.05, 3.63) is 0 Å². The number of hydrazine groups is 1. The van der Waals surface area contributed by atoms with Crippen molar-refractivity contribution in [2.45, 2.75) is 20.0 Å². The lowest BCUT2D eigenvalue weighted by molar-refractivity contribution is -0.122. The van der Waals surface area contributed by atoms with Gasteiger partial charge in [-0.1, -0.05) is 0 Å². The third kappa shape index (κ3) is 7.70. The number of hydrogen-bond donors (Lipinski definition) is 2. The van der Waals surface area contributed by atoms with E-state index in [9.17, 15) is 4.79 Å². The summed E-state index contributed by atoms with van der Waals surface area (Å²) in [5, 5.41) is 0. The van der Waals surface area contributed by atoms with Crippen LogP contribution in [0, 0.1) is 0 Å². The first-order valence-corrected chi connectivity index (χ1v) is 4.36. The second-order valence-electron chi connectivity index (χ2n) is 3.22. The van der Waals surface area contributed by atoms with E-state index in [1.807, 2.05) is 25.8 Å². The summed E-state index contributed by atoms with van der Waals surface area (Å²) >= 11 is 0. The van der Waals surface area contributed by atoms with Gasteiger partial charge in [0.1, 0.15) is 0 Å². The maximum absolute atomic E-state index is 10.8. The minimum absolute atomic E-state index is 0.188. The van der Waals surface area contributed by atoms with E-state index in [4.69, 9.17) is 10.6 Å². The zero-order chi connectivity index (χ0) is 10.3. The first kappa shape index (κ1) is 12.3. The third-order valence-corrected chi connectivity index (χ3v) is 1.50. The Kier molecular flexibility index (Phi) is 6.48. The van der Waals surface area contributed by atoms with Gasteiger partial charge < -0.3 is 4.74 Å². The Hall–Kier alpha value is -0.650. The fraction of sp³-hybridized carbons (Fsp3) is 0.875. The average Bonchev–Trinajstić information content (AvgIpc) is 2.03. The van der Waals surface area contributed by atoms with E-state index in [2.05, 4.69) is 5.43 Å². The Morgan fingerprint density at radius 3 is 2.69 bits per heavy atom. The first-order chi connectivity index (χ1) is 6.06. The Morgan fingerprint density at radius 2 is 2.23 bits per heavy atom. The maximum atomic E-state index is 10.8. The van der Waals surface area contributed by atoms with Gasteiger partial charge in [-0.2, -0.15) is 0 Å². The van der Waals surface area contributed by atoms with Gasteiger partial charge >= 0.3 is 0 Å². The Labute approximate surface area is 79.2 Å². The topological polar surface area (TPSA) is 67.6 Å². The molecule has 0 spiro atoms. The van der Waals surface area contributed by atoms with Crippen LogP contribution in [0.25, 0.3) is 0 Å². The quantitative estimate of drug-likeness (QED) is 0.330. The van der Waals surface area contributed by atoms with Crippen LogP contribution in [0.5, 0.6) is 0 Å². The van der Waals surface area contributed by atoms with Gasteiger partial charge in [-0.25, -0.2) is 5.84 Å². The SMILES string of the molecule is CC(C)OCCN(C)CC(=O)NN. The van der Waals surface area contributed by atoms with Crippen LogP contribution in [0.1, 0.15) is 13.8 Å². The zero-order valence-corrected chi connectivity index (χ0v) is 8.54. The highest BCUT2D eigenvalue weighted by atomic mass is 16.5. The molecule has 78 valence electrons. The summed E-state index contributed by atoms with van der Waals surface area (Å²) in [6.07, 6.45) is 0.233. The molecule has 0 aromatic rings. The molecule has 0 unspecified atom stereocenters. The molecule has 0 radical (unpaired) electrons. The fourth-order valence-electron chi connectivity index (χ4n) is 0.814. The summed E-state index contributed by atoms with van der Waals surface area (Å²) in [5.41, 5.74) is 2.07. The minimum atomic E-state index is -0.188. The molecule has 0 aliphatic heterocycles. The molecular weight excluding hydrogens is 170 g/mol. The molecule has 13 heavy (non-hydrogen) atoms. The van der Waals surface area contributed by atoms with E-state index in [0.29, 0.717) is 13.2 Å². The number of amides is 1. The minimum Gasteiger partial charge on any atom is -0.377 e. The van der Waals surface area contributed by atoms with E-state index in [-0.39, 0.29) is 12.0 Å². The van der Waals surface area contributed by atoms with E-state index in [1.165, 1.54) is 0 Å². The molecule has 0 aliphatic rings. The molecule has 0 aromatic carbocycles. The predicted octanol–water partition coefficient (Wildman–Crippen LogP) is -0.667. The number of rotatable bonds is 6. The van der Waals surface area contributed by atoms with Crippen LogP contribution in [0.4, 0.5) is 0 Å². The van der Waals surface area contributed by atoms with Crippen LogP contribution in [0.3, 0.4) is 0 Å². The van der Waals surface area contributed by atoms with Crippen molar-refractivity contribution in [1.29, 1.82) is 0 Å². The smallest absolute Gasteiger partial charge is 0.248 e. The van der Waals surface area contributed by atoms with Crippen LogP contribution < -0.4 is 11.3 Å². The van der Waals surface area contributed by atoms with E-state index < -0.39 is 0 Å². The molecule has 0 rings (SSSR count). The molecule has 3 N–H and O–H groups in total. The second-order valence-corrected chi connectivity index (χ2v) is 3.22. The number of nitrogens with zero attached hydrogens (tertiary/aromatic N) is 1. The highest BCUT2D eigenvalue weighted by Crippen LogP contribution is 1.88. The van der Waals surface area contributed by atoms with Crippen LogP contribution in [0.2, 0.25) is 0 Å². The highest BCUT2D eigenvalue weighted by Gasteiger charge is 2.04. The standard InChI is InChI=1S/C8H19N3O2/c1-7(2)13-5-4-11(3)6-8(12)10-9/h7H,4-6,9H2,1-3H3,(H,10,12). The van der Waals surface area contributed by atoms with Crippen molar-refractivity contribution in [1.82, 2.24) is 10.3 Å². The van der Waals surface area contributed by atoms with Gasteiger partial charge in [-0.15, -0.1) is 0 Å². The molecule has 5 heteroatoms. The number of ether oxygens (including phenoxy) is 1. The Morgan fingerprint density at radius 1 is 1.62 bits per heavy atom. The molecule has 0 aromatic heterocycles. The maximum Gasteiger partial charge on any atom is 0.248 e.